The molecule has 0 atom stereocenters. The Hall–Kier alpha value is -2.04. The molecule has 0 aliphatic heterocycles. The van der Waals surface area contributed by atoms with Gasteiger partial charge in [-0.1, -0.05) is 12.1 Å². The summed E-state index contributed by atoms with van der Waals surface area (Å²) in [5.41, 5.74) is 0.961. The molecule has 5 heteroatoms. The Kier molecular flexibility index (Phi) is 6.40. The Morgan fingerprint density at radius 2 is 1.91 bits per heavy atom. The van der Waals surface area contributed by atoms with Crippen LogP contribution in [0.5, 0.6) is 0 Å². The second kappa shape index (κ2) is 7.82. The standard InChI is InChI=1S/C17H25NO4/c1-12(2)21-15(19)14-8-6-7-13(11-14)9-10-18-16(20)22-17(3,4)5/h6-8,11-12H,9-10H2,1-5H3,(H,18,20). The number of carbonyl (C=O) groups excluding carboxylic acids is 2. The first kappa shape index (κ1) is 18.0. The fourth-order valence-electron chi connectivity index (χ4n) is 1.76. The predicted octanol–water partition coefficient (Wildman–Crippen LogP) is 3.32. The van der Waals surface area contributed by atoms with Crippen LogP contribution in [0.1, 0.15) is 50.5 Å². The summed E-state index contributed by atoms with van der Waals surface area (Å²) in [6.45, 7) is 9.51. The highest BCUT2D eigenvalue weighted by Gasteiger charge is 2.15. The van der Waals surface area contributed by atoms with Gasteiger partial charge in [0.05, 0.1) is 11.7 Å². The van der Waals surface area contributed by atoms with Crippen molar-refractivity contribution in [3.63, 3.8) is 0 Å². The molecule has 0 bridgehead atoms. The van der Waals surface area contributed by atoms with Crippen LogP contribution in [-0.4, -0.2) is 30.3 Å². The number of hydrogen-bond donors (Lipinski definition) is 1. The lowest BCUT2D eigenvalue weighted by Crippen LogP contribution is -2.33. The monoisotopic (exact) mass is 307 g/mol. The molecule has 1 aromatic rings. The summed E-state index contributed by atoms with van der Waals surface area (Å²) in [5, 5.41) is 2.69. The van der Waals surface area contributed by atoms with Gasteiger partial charge in [-0.15, -0.1) is 0 Å². The molecule has 22 heavy (non-hydrogen) atoms. The lowest BCUT2D eigenvalue weighted by Gasteiger charge is -2.19. The number of carbonyl (C=O) groups is 2. The highest BCUT2D eigenvalue weighted by molar-refractivity contribution is 5.89. The zero-order valence-electron chi connectivity index (χ0n) is 13.9. The van der Waals surface area contributed by atoms with Crippen molar-refractivity contribution in [2.45, 2.75) is 52.7 Å². The molecule has 0 fully saturated rings. The normalized spacial score (nSPS) is 11.2. The van der Waals surface area contributed by atoms with Gasteiger partial charge in [-0.3, -0.25) is 0 Å². The second-order valence-electron chi connectivity index (χ2n) is 6.33. The summed E-state index contributed by atoms with van der Waals surface area (Å²) in [4.78, 5) is 23.4. The fourth-order valence-corrected chi connectivity index (χ4v) is 1.76. The van der Waals surface area contributed by atoms with E-state index in [2.05, 4.69) is 5.32 Å². The predicted molar refractivity (Wildman–Crippen MR) is 84.9 cm³/mol. The van der Waals surface area contributed by atoms with E-state index in [0.29, 0.717) is 18.5 Å². The molecule has 1 rings (SSSR count). The van der Waals surface area contributed by atoms with E-state index in [1.807, 2.05) is 40.7 Å². The van der Waals surface area contributed by atoms with Crippen molar-refractivity contribution in [3.8, 4) is 0 Å². The molecular formula is C17H25NO4. The maximum absolute atomic E-state index is 11.8. The van der Waals surface area contributed by atoms with Gasteiger partial charge in [-0.2, -0.15) is 0 Å². The van der Waals surface area contributed by atoms with Crippen molar-refractivity contribution in [2.75, 3.05) is 6.54 Å². The second-order valence-corrected chi connectivity index (χ2v) is 6.33. The van der Waals surface area contributed by atoms with E-state index in [9.17, 15) is 9.59 Å². The van der Waals surface area contributed by atoms with Crippen LogP contribution in [0.15, 0.2) is 24.3 Å². The molecule has 1 amide bonds. The third kappa shape index (κ3) is 7.11. The minimum absolute atomic E-state index is 0.148. The SMILES string of the molecule is CC(C)OC(=O)c1cccc(CCNC(=O)OC(C)(C)C)c1. The highest BCUT2D eigenvalue weighted by atomic mass is 16.6. The molecule has 0 saturated carbocycles. The molecule has 0 radical (unpaired) electrons. The maximum Gasteiger partial charge on any atom is 0.407 e. The molecule has 0 spiro atoms. The topological polar surface area (TPSA) is 64.6 Å². The zero-order chi connectivity index (χ0) is 16.8. The van der Waals surface area contributed by atoms with Crippen LogP contribution >= 0.6 is 0 Å². The van der Waals surface area contributed by atoms with E-state index >= 15 is 0 Å². The first-order valence-electron chi connectivity index (χ1n) is 7.44. The Morgan fingerprint density at radius 1 is 1.23 bits per heavy atom. The summed E-state index contributed by atoms with van der Waals surface area (Å²) >= 11 is 0. The molecule has 1 aromatic carbocycles. The Balaban J connectivity index is 2.50. The van der Waals surface area contributed by atoms with Crippen LogP contribution < -0.4 is 5.32 Å². The molecule has 1 N–H and O–H groups in total. The van der Waals surface area contributed by atoms with Crippen molar-refractivity contribution >= 4 is 12.1 Å². The van der Waals surface area contributed by atoms with Gasteiger partial charge >= 0.3 is 12.1 Å². The molecule has 5 nitrogen and oxygen atoms in total. The average molecular weight is 307 g/mol. The van der Waals surface area contributed by atoms with Crippen LogP contribution in [0, 0.1) is 0 Å². The smallest absolute Gasteiger partial charge is 0.407 e. The number of amides is 1. The van der Waals surface area contributed by atoms with Crippen LogP contribution in [0.3, 0.4) is 0 Å². The quantitative estimate of drug-likeness (QED) is 0.848. The number of nitrogens with one attached hydrogen (secondary N) is 1. The highest BCUT2D eigenvalue weighted by Crippen LogP contribution is 2.09. The van der Waals surface area contributed by atoms with E-state index < -0.39 is 11.7 Å². The Morgan fingerprint density at radius 3 is 2.50 bits per heavy atom. The van der Waals surface area contributed by atoms with Gasteiger partial charge < -0.3 is 14.8 Å². The third-order valence-corrected chi connectivity index (χ3v) is 2.59. The van der Waals surface area contributed by atoms with Gasteiger partial charge in [-0.25, -0.2) is 9.59 Å². The molecule has 0 saturated heterocycles. The number of rotatable bonds is 5. The summed E-state index contributed by atoms with van der Waals surface area (Å²) in [6, 6.07) is 7.21. The van der Waals surface area contributed by atoms with Crippen LogP contribution in [0.4, 0.5) is 4.79 Å². The van der Waals surface area contributed by atoms with Crippen molar-refractivity contribution in [1.29, 1.82) is 0 Å². The number of hydrogen-bond acceptors (Lipinski definition) is 4. The number of ether oxygens (including phenoxy) is 2. The van der Waals surface area contributed by atoms with Gasteiger partial charge in [0.25, 0.3) is 0 Å². The summed E-state index contributed by atoms with van der Waals surface area (Å²) in [7, 11) is 0. The molecule has 0 aromatic heterocycles. The Bertz CT molecular complexity index is 518. The molecule has 0 unspecified atom stereocenters. The summed E-state index contributed by atoms with van der Waals surface area (Å²) in [5.74, 6) is -0.336. The van der Waals surface area contributed by atoms with Gasteiger partial charge in [-0.05, 0) is 58.7 Å². The van der Waals surface area contributed by atoms with E-state index in [1.165, 1.54) is 0 Å². The first-order chi connectivity index (χ1) is 10.2. The molecule has 122 valence electrons. The van der Waals surface area contributed by atoms with Crippen molar-refractivity contribution < 1.29 is 19.1 Å². The first-order valence-corrected chi connectivity index (χ1v) is 7.44. The minimum atomic E-state index is -0.509. The van der Waals surface area contributed by atoms with Crippen LogP contribution in [-0.2, 0) is 15.9 Å². The Labute approximate surface area is 132 Å². The van der Waals surface area contributed by atoms with Gasteiger partial charge in [0.1, 0.15) is 5.60 Å². The third-order valence-electron chi connectivity index (χ3n) is 2.59. The van der Waals surface area contributed by atoms with Crippen molar-refractivity contribution in [1.82, 2.24) is 5.32 Å². The largest absolute Gasteiger partial charge is 0.459 e. The van der Waals surface area contributed by atoms with Gasteiger partial charge in [0.2, 0.25) is 0 Å². The molecule has 0 aliphatic rings. The van der Waals surface area contributed by atoms with E-state index in [0.717, 1.165) is 5.56 Å². The summed E-state index contributed by atoms with van der Waals surface area (Å²) < 4.78 is 10.3. The fraction of sp³-hybridized carbons (Fsp3) is 0.529. The number of esters is 1. The van der Waals surface area contributed by atoms with E-state index in [-0.39, 0.29) is 12.1 Å². The lowest BCUT2D eigenvalue weighted by atomic mass is 10.1. The van der Waals surface area contributed by atoms with E-state index in [4.69, 9.17) is 9.47 Å². The maximum atomic E-state index is 11.8. The summed E-state index contributed by atoms with van der Waals surface area (Å²) in [6.07, 6.45) is 0.0232. The average Bonchev–Trinajstić information content (AvgIpc) is 2.36. The minimum Gasteiger partial charge on any atom is -0.459 e. The van der Waals surface area contributed by atoms with Crippen LogP contribution in [0.2, 0.25) is 0 Å². The number of alkyl carbamates (subject to hydrolysis) is 1. The molecule has 0 aliphatic carbocycles. The van der Waals surface area contributed by atoms with Crippen LogP contribution in [0.25, 0.3) is 0 Å². The molecular weight excluding hydrogens is 282 g/mol. The van der Waals surface area contributed by atoms with Gasteiger partial charge in [0.15, 0.2) is 0 Å². The molecule has 0 heterocycles. The number of benzene rings is 1. The lowest BCUT2D eigenvalue weighted by molar-refractivity contribution is 0.0376. The zero-order valence-corrected chi connectivity index (χ0v) is 13.9. The van der Waals surface area contributed by atoms with Gasteiger partial charge in [0, 0.05) is 6.54 Å². The van der Waals surface area contributed by atoms with Crippen molar-refractivity contribution in [3.05, 3.63) is 35.4 Å². The van der Waals surface area contributed by atoms with Crippen molar-refractivity contribution in [2.24, 2.45) is 0 Å². The van der Waals surface area contributed by atoms with E-state index in [1.54, 1.807) is 18.2 Å².